The number of thioether (sulfide) groups is 1. The van der Waals surface area contributed by atoms with Crippen molar-refractivity contribution in [3.63, 3.8) is 0 Å². The molecule has 1 amide bonds. The number of carbonyl (C=O) groups excluding carboxylic acids is 1. The van der Waals surface area contributed by atoms with Gasteiger partial charge in [0.15, 0.2) is 5.16 Å². The number of aryl methyl sites for hydroxylation is 1. The number of hydrogen-bond acceptors (Lipinski definition) is 5. The van der Waals surface area contributed by atoms with Gasteiger partial charge in [0.2, 0.25) is 5.91 Å². The minimum absolute atomic E-state index is 0.0319. The molecule has 6 nitrogen and oxygen atoms in total. The summed E-state index contributed by atoms with van der Waals surface area (Å²) in [5, 5.41) is 12.3. The number of fused-ring (bicyclic) bond motifs is 1. The Kier molecular flexibility index (Phi) is 6.33. The van der Waals surface area contributed by atoms with Crippen molar-refractivity contribution in [2.75, 3.05) is 19.4 Å². The third-order valence-corrected chi connectivity index (χ3v) is 5.27. The second-order valence-electron chi connectivity index (χ2n) is 6.10. The van der Waals surface area contributed by atoms with Crippen LogP contribution in [-0.4, -0.2) is 40.1 Å². The number of nitrogens with zero attached hydrogens (tertiary/aromatic N) is 3. The summed E-state index contributed by atoms with van der Waals surface area (Å²) in [5.41, 5.74) is 1.18. The fourth-order valence-corrected chi connectivity index (χ4v) is 3.70. The van der Waals surface area contributed by atoms with Crippen LogP contribution < -0.4 is 10.1 Å². The Morgan fingerprint density at radius 1 is 1.24 bits per heavy atom. The number of nitrogens with one attached hydrogen (secondary N) is 1. The Morgan fingerprint density at radius 3 is 2.88 bits per heavy atom. The Morgan fingerprint density at radius 2 is 2.08 bits per heavy atom. The van der Waals surface area contributed by atoms with Gasteiger partial charge in [-0.2, -0.15) is 0 Å². The third kappa shape index (κ3) is 4.98. The molecular formula is C18H24N4O2S. The number of ether oxygens (including phenoxy) is 1. The quantitative estimate of drug-likeness (QED) is 0.768. The SMILES string of the molecule is COc1ccc(CCNC(=O)CSc2nnc3n2CCCCC3)cc1. The number of hydrogen-bond donors (Lipinski definition) is 1. The maximum absolute atomic E-state index is 12.1. The van der Waals surface area contributed by atoms with E-state index in [-0.39, 0.29) is 5.91 Å². The summed E-state index contributed by atoms with van der Waals surface area (Å²) in [5.74, 6) is 2.31. The van der Waals surface area contributed by atoms with Gasteiger partial charge in [0.25, 0.3) is 0 Å². The summed E-state index contributed by atoms with van der Waals surface area (Å²) >= 11 is 1.47. The highest BCUT2D eigenvalue weighted by Crippen LogP contribution is 2.21. The van der Waals surface area contributed by atoms with Crippen molar-refractivity contribution < 1.29 is 9.53 Å². The highest BCUT2D eigenvalue weighted by atomic mass is 32.2. The molecule has 0 saturated carbocycles. The van der Waals surface area contributed by atoms with Gasteiger partial charge < -0.3 is 14.6 Å². The summed E-state index contributed by atoms with van der Waals surface area (Å²) in [6, 6.07) is 7.91. The molecule has 0 atom stereocenters. The van der Waals surface area contributed by atoms with Gasteiger partial charge in [0, 0.05) is 19.5 Å². The Balaban J connectivity index is 1.41. The van der Waals surface area contributed by atoms with Gasteiger partial charge in [-0.05, 0) is 37.0 Å². The van der Waals surface area contributed by atoms with Gasteiger partial charge in [0.1, 0.15) is 11.6 Å². The molecule has 25 heavy (non-hydrogen) atoms. The van der Waals surface area contributed by atoms with Crippen molar-refractivity contribution in [2.45, 2.75) is 43.8 Å². The van der Waals surface area contributed by atoms with Crippen molar-refractivity contribution in [2.24, 2.45) is 0 Å². The maximum Gasteiger partial charge on any atom is 0.230 e. The molecule has 1 aliphatic heterocycles. The van der Waals surface area contributed by atoms with Crippen LogP contribution in [0.4, 0.5) is 0 Å². The largest absolute Gasteiger partial charge is 0.497 e. The minimum atomic E-state index is 0.0319. The summed E-state index contributed by atoms with van der Waals surface area (Å²) in [6.45, 7) is 1.59. The predicted octanol–water partition coefficient (Wildman–Crippen LogP) is 2.46. The average molecular weight is 360 g/mol. The van der Waals surface area contributed by atoms with Crippen molar-refractivity contribution in [1.82, 2.24) is 20.1 Å². The van der Waals surface area contributed by atoms with E-state index in [0.717, 1.165) is 42.5 Å². The second kappa shape index (κ2) is 8.89. The smallest absolute Gasteiger partial charge is 0.230 e. The van der Waals surface area contributed by atoms with E-state index in [1.165, 1.54) is 30.2 Å². The first kappa shape index (κ1) is 17.8. The lowest BCUT2D eigenvalue weighted by atomic mass is 10.1. The van der Waals surface area contributed by atoms with Crippen LogP contribution in [0.5, 0.6) is 5.75 Å². The molecule has 0 bridgehead atoms. The molecule has 0 radical (unpaired) electrons. The number of benzene rings is 1. The lowest BCUT2D eigenvalue weighted by Gasteiger charge is -2.07. The third-order valence-electron chi connectivity index (χ3n) is 4.30. The molecule has 2 heterocycles. The molecule has 0 aliphatic carbocycles. The normalized spacial score (nSPS) is 13.8. The van der Waals surface area contributed by atoms with Gasteiger partial charge in [-0.25, -0.2) is 0 Å². The van der Waals surface area contributed by atoms with E-state index in [1.807, 2.05) is 24.3 Å². The Labute approximate surface area is 152 Å². The Bertz CT molecular complexity index is 700. The molecule has 134 valence electrons. The summed E-state index contributed by atoms with van der Waals surface area (Å²) in [4.78, 5) is 12.1. The van der Waals surface area contributed by atoms with Crippen LogP contribution in [0.3, 0.4) is 0 Å². The molecule has 7 heteroatoms. The molecule has 0 spiro atoms. The van der Waals surface area contributed by atoms with Crippen LogP contribution in [0.15, 0.2) is 29.4 Å². The molecule has 1 aromatic carbocycles. The van der Waals surface area contributed by atoms with Crippen LogP contribution in [-0.2, 0) is 24.2 Å². The molecule has 1 aromatic heterocycles. The fraction of sp³-hybridized carbons (Fsp3) is 0.500. The van der Waals surface area contributed by atoms with Gasteiger partial charge in [0.05, 0.1) is 12.9 Å². The van der Waals surface area contributed by atoms with Gasteiger partial charge >= 0.3 is 0 Å². The van der Waals surface area contributed by atoms with E-state index in [2.05, 4.69) is 20.1 Å². The van der Waals surface area contributed by atoms with Crippen molar-refractivity contribution in [1.29, 1.82) is 0 Å². The van der Waals surface area contributed by atoms with Crippen molar-refractivity contribution in [3.8, 4) is 5.75 Å². The number of carbonyl (C=O) groups is 1. The highest BCUT2D eigenvalue weighted by Gasteiger charge is 2.15. The van der Waals surface area contributed by atoms with E-state index in [1.54, 1.807) is 7.11 Å². The summed E-state index contributed by atoms with van der Waals surface area (Å²) in [7, 11) is 1.65. The number of aromatic nitrogens is 3. The zero-order valence-electron chi connectivity index (χ0n) is 14.5. The molecule has 1 aliphatic rings. The van der Waals surface area contributed by atoms with Crippen molar-refractivity contribution in [3.05, 3.63) is 35.7 Å². The fourth-order valence-electron chi connectivity index (χ4n) is 2.88. The van der Waals surface area contributed by atoms with Crippen LogP contribution >= 0.6 is 11.8 Å². The topological polar surface area (TPSA) is 69.0 Å². The standard InChI is InChI=1S/C18H24N4O2S/c1-24-15-8-6-14(7-9-15)10-11-19-17(23)13-25-18-21-20-16-5-3-2-4-12-22(16)18/h6-9H,2-5,10-13H2,1H3,(H,19,23). The van der Waals surface area contributed by atoms with E-state index < -0.39 is 0 Å². The second-order valence-corrected chi connectivity index (χ2v) is 7.04. The van der Waals surface area contributed by atoms with E-state index in [4.69, 9.17) is 4.74 Å². The van der Waals surface area contributed by atoms with E-state index >= 15 is 0 Å². The number of amides is 1. The molecule has 3 rings (SSSR count). The molecule has 0 fully saturated rings. The van der Waals surface area contributed by atoms with E-state index in [0.29, 0.717) is 12.3 Å². The molecular weight excluding hydrogens is 336 g/mol. The van der Waals surface area contributed by atoms with Gasteiger partial charge in [-0.3, -0.25) is 4.79 Å². The number of rotatable bonds is 7. The van der Waals surface area contributed by atoms with Crippen molar-refractivity contribution >= 4 is 17.7 Å². The van der Waals surface area contributed by atoms with Crippen LogP contribution in [0.25, 0.3) is 0 Å². The average Bonchev–Trinajstić information content (AvgIpc) is 2.86. The highest BCUT2D eigenvalue weighted by molar-refractivity contribution is 7.99. The lowest BCUT2D eigenvalue weighted by Crippen LogP contribution is -2.27. The molecule has 1 N–H and O–H groups in total. The lowest BCUT2D eigenvalue weighted by molar-refractivity contribution is -0.118. The van der Waals surface area contributed by atoms with Gasteiger partial charge in [-0.15, -0.1) is 10.2 Å². The van der Waals surface area contributed by atoms with Gasteiger partial charge in [-0.1, -0.05) is 30.3 Å². The molecule has 0 unspecified atom stereocenters. The molecule has 0 saturated heterocycles. The first-order valence-corrected chi connectivity index (χ1v) is 9.69. The Hall–Kier alpha value is -2.02. The van der Waals surface area contributed by atoms with Crippen LogP contribution in [0, 0.1) is 0 Å². The first-order chi connectivity index (χ1) is 12.3. The first-order valence-electron chi connectivity index (χ1n) is 8.71. The molecule has 2 aromatic rings. The monoisotopic (exact) mass is 360 g/mol. The minimum Gasteiger partial charge on any atom is -0.497 e. The maximum atomic E-state index is 12.1. The van der Waals surface area contributed by atoms with Crippen LogP contribution in [0.2, 0.25) is 0 Å². The van der Waals surface area contributed by atoms with Crippen LogP contribution in [0.1, 0.15) is 30.7 Å². The predicted molar refractivity (Wildman–Crippen MR) is 98.0 cm³/mol. The zero-order valence-corrected chi connectivity index (χ0v) is 15.3. The number of methoxy groups -OCH3 is 1. The summed E-state index contributed by atoms with van der Waals surface area (Å²) < 4.78 is 7.31. The van der Waals surface area contributed by atoms with E-state index in [9.17, 15) is 4.79 Å². The zero-order chi connectivity index (χ0) is 17.5. The summed E-state index contributed by atoms with van der Waals surface area (Å²) in [6.07, 6.45) is 5.36.